The van der Waals surface area contributed by atoms with Crippen LogP contribution in [0.3, 0.4) is 0 Å². The zero-order chi connectivity index (χ0) is 20.8. The van der Waals surface area contributed by atoms with Gasteiger partial charge in [0.15, 0.2) is 0 Å². The third-order valence-corrected chi connectivity index (χ3v) is 5.88. The van der Waals surface area contributed by atoms with Crippen LogP contribution in [-0.4, -0.2) is 23.4 Å². The number of nitro benzene ring substituents is 1. The summed E-state index contributed by atoms with van der Waals surface area (Å²) in [5.74, 6) is -0.771. The van der Waals surface area contributed by atoms with E-state index in [4.69, 9.17) is 4.74 Å². The highest BCUT2D eigenvalue weighted by molar-refractivity contribution is 7.17. The number of fused-ring (bicyclic) bond motifs is 1. The third-order valence-electron chi connectivity index (χ3n) is 4.67. The normalized spacial score (nSPS) is 13.6. The van der Waals surface area contributed by atoms with E-state index in [1.807, 2.05) is 0 Å². The minimum absolute atomic E-state index is 0.00855. The molecule has 0 saturated heterocycles. The van der Waals surface area contributed by atoms with Crippen molar-refractivity contribution in [2.75, 3.05) is 11.9 Å². The first-order valence-electron chi connectivity index (χ1n) is 9.54. The molecule has 0 bridgehead atoms. The first-order chi connectivity index (χ1) is 14.0. The molecule has 152 valence electrons. The maximum atomic E-state index is 12.5. The van der Waals surface area contributed by atoms with Crippen molar-refractivity contribution >= 4 is 40.0 Å². The summed E-state index contributed by atoms with van der Waals surface area (Å²) in [5.41, 5.74) is 2.13. The number of esters is 1. The van der Waals surface area contributed by atoms with Gasteiger partial charge in [0.25, 0.3) is 5.69 Å². The molecule has 0 atom stereocenters. The fraction of sp³-hybridized carbons (Fsp3) is 0.333. The first kappa shape index (κ1) is 20.7. The molecule has 1 heterocycles. The Morgan fingerprint density at radius 2 is 1.93 bits per heavy atom. The smallest absolute Gasteiger partial charge is 0.341 e. The van der Waals surface area contributed by atoms with Crippen LogP contribution < -0.4 is 5.32 Å². The lowest BCUT2D eigenvalue weighted by Crippen LogP contribution is -2.13. The Labute approximate surface area is 172 Å². The molecule has 29 heavy (non-hydrogen) atoms. The summed E-state index contributed by atoms with van der Waals surface area (Å²) in [6.07, 6.45) is 7.86. The van der Waals surface area contributed by atoms with Crippen molar-refractivity contribution < 1.29 is 19.2 Å². The summed E-state index contributed by atoms with van der Waals surface area (Å²) >= 11 is 1.44. The number of nitrogens with zero attached hydrogens (tertiary/aromatic N) is 1. The highest BCUT2D eigenvalue weighted by Gasteiger charge is 2.26. The molecule has 1 N–H and O–H groups in total. The Bertz CT molecular complexity index is 947. The van der Waals surface area contributed by atoms with Gasteiger partial charge in [-0.3, -0.25) is 14.9 Å². The zero-order valence-electron chi connectivity index (χ0n) is 16.1. The van der Waals surface area contributed by atoms with Crippen molar-refractivity contribution in [3.8, 4) is 0 Å². The van der Waals surface area contributed by atoms with E-state index in [1.54, 1.807) is 25.1 Å². The van der Waals surface area contributed by atoms with E-state index in [0.717, 1.165) is 42.5 Å². The molecule has 1 aliphatic rings. The molecule has 0 aliphatic heterocycles. The third kappa shape index (κ3) is 5.08. The van der Waals surface area contributed by atoms with Gasteiger partial charge in [0, 0.05) is 23.1 Å². The molecular weight excluding hydrogens is 392 g/mol. The van der Waals surface area contributed by atoms with Crippen molar-refractivity contribution in [1.82, 2.24) is 0 Å². The van der Waals surface area contributed by atoms with Crippen molar-refractivity contribution in [2.24, 2.45) is 0 Å². The van der Waals surface area contributed by atoms with Gasteiger partial charge >= 0.3 is 5.97 Å². The zero-order valence-corrected chi connectivity index (χ0v) is 16.9. The van der Waals surface area contributed by atoms with Crippen LogP contribution in [0, 0.1) is 10.1 Å². The molecule has 1 aromatic carbocycles. The summed E-state index contributed by atoms with van der Waals surface area (Å²) in [7, 11) is 0. The number of benzene rings is 1. The molecule has 0 radical (unpaired) electrons. The number of thiophene rings is 1. The fourth-order valence-corrected chi connectivity index (χ4v) is 4.56. The second-order valence-corrected chi connectivity index (χ2v) is 7.77. The summed E-state index contributed by atoms with van der Waals surface area (Å²) in [5, 5.41) is 14.0. The highest BCUT2D eigenvalue weighted by atomic mass is 32.1. The highest BCUT2D eigenvalue weighted by Crippen LogP contribution is 2.38. The molecular formula is C21H22N2O5S. The van der Waals surface area contributed by atoms with E-state index in [1.165, 1.54) is 29.5 Å². The monoisotopic (exact) mass is 414 g/mol. The number of anilines is 1. The van der Waals surface area contributed by atoms with E-state index in [9.17, 15) is 19.7 Å². The van der Waals surface area contributed by atoms with E-state index in [-0.39, 0.29) is 18.2 Å². The number of non-ortho nitro benzene ring substituents is 1. The Hall–Kier alpha value is -3.00. The molecule has 0 fully saturated rings. The van der Waals surface area contributed by atoms with E-state index in [0.29, 0.717) is 16.1 Å². The lowest BCUT2D eigenvalue weighted by atomic mass is 10.1. The Morgan fingerprint density at radius 1 is 1.21 bits per heavy atom. The minimum atomic E-state index is -0.474. The lowest BCUT2D eigenvalue weighted by Gasteiger charge is -2.07. The molecule has 8 heteroatoms. The van der Waals surface area contributed by atoms with Crippen LogP contribution >= 0.6 is 11.3 Å². The van der Waals surface area contributed by atoms with Gasteiger partial charge in [-0.2, -0.15) is 0 Å². The lowest BCUT2D eigenvalue weighted by molar-refractivity contribution is -0.384. The number of nitro groups is 1. The molecule has 2 aromatic rings. The van der Waals surface area contributed by atoms with Gasteiger partial charge in [-0.15, -0.1) is 11.3 Å². The fourth-order valence-electron chi connectivity index (χ4n) is 3.28. The maximum absolute atomic E-state index is 12.5. The van der Waals surface area contributed by atoms with Gasteiger partial charge in [0.1, 0.15) is 5.00 Å². The number of carbonyl (C=O) groups excluding carboxylic acids is 2. The summed E-state index contributed by atoms with van der Waals surface area (Å²) in [6.45, 7) is 2.03. The van der Waals surface area contributed by atoms with Crippen LogP contribution in [-0.2, 0) is 22.4 Å². The average molecular weight is 414 g/mol. The van der Waals surface area contributed by atoms with Crippen molar-refractivity contribution in [3.05, 3.63) is 62.0 Å². The molecule has 0 saturated carbocycles. The van der Waals surface area contributed by atoms with Gasteiger partial charge in [0.2, 0.25) is 5.91 Å². The van der Waals surface area contributed by atoms with Gasteiger partial charge in [-0.05, 0) is 61.9 Å². The number of aryl methyl sites for hydroxylation is 1. The SMILES string of the molecule is CCOC(=O)c1c(NC(=O)C=Cc2ccc([N+](=O)[O-])cc2)sc2c1CCCCC2. The van der Waals surface area contributed by atoms with Crippen molar-refractivity contribution in [1.29, 1.82) is 0 Å². The molecule has 1 aromatic heterocycles. The molecule has 1 aliphatic carbocycles. The summed E-state index contributed by atoms with van der Waals surface area (Å²) in [6, 6.07) is 5.90. The van der Waals surface area contributed by atoms with Crippen molar-refractivity contribution in [3.63, 3.8) is 0 Å². The predicted molar refractivity (Wildman–Crippen MR) is 112 cm³/mol. The van der Waals surface area contributed by atoms with Crippen LogP contribution in [0.2, 0.25) is 0 Å². The Balaban J connectivity index is 1.78. The molecule has 1 amide bonds. The van der Waals surface area contributed by atoms with E-state index >= 15 is 0 Å². The van der Waals surface area contributed by atoms with Crippen LogP contribution in [0.15, 0.2) is 30.3 Å². The van der Waals surface area contributed by atoms with E-state index < -0.39 is 10.9 Å². The largest absolute Gasteiger partial charge is 0.462 e. The number of hydrogen-bond donors (Lipinski definition) is 1. The number of hydrogen-bond acceptors (Lipinski definition) is 6. The molecule has 0 spiro atoms. The molecule has 7 nitrogen and oxygen atoms in total. The number of ether oxygens (including phenoxy) is 1. The first-order valence-corrected chi connectivity index (χ1v) is 10.4. The van der Waals surface area contributed by atoms with Gasteiger partial charge in [0.05, 0.1) is 17.1 Å². The standard InChI is InChI=1S/C21H22N2O5S/c1-2-28-21(25)19-16-6-4-3-5-7-17(16)29-20(19)22-18(24)13-10-14-8-11-15(12-9-14)23(26)27/h8-13H,2-7H2,1H3,(H,22,24). The Morgan fingerprint density at radius 3 is 2.62 bits per heavy atom. The van der Waals surface area contributed by atoms with E-state index in [2.05, 4.69) is 5.32 Å². The van der Waals surface area contributed by atoms with Gasteiger partial charge < -0.3 is 10.1 Å². The number of nitrogens with one attached hydrogen (secondary N) is 1. The second-order valence-electron chi connectivity index (χ2n) is 6.66. The maximum Gasteiger partial charge on any atom is 0.341 e. The van der Waals surface area contributed by atoms with Crippen LogP contribution in [0.5, 0.6) is 0 Å². The number of amides is 1. The van der Waals surface area contributed by atoms with Crippen LogP contribution in [0.4, 0.5) is 10.7 Å². The molecule has 0 unspecified atom stereocenters. The predicted octanol–water partition coefficient (Wildman–Crippen LogP) is 4.75. The quantitative estimate of drug-likeness (QED) is 0.242. The van der Waals surface area contributed by atoms with Gasteiger partial charge in [-0.1, -0.05) is 6.42 Å². The van der Waals surface area contributed by atoms with Crippen LogP contribution in [0.1, 0.15) is 52.5 Å². The Kier molecular flexibility index (Phi) is 6.77. The van der Waals surface area contributed by atoms with Gasteiger partial charge in [-0.25, -0.2) is 4.79 Å². The summed E-state index contributed by atoms with van der Waals surface area (Å²) < 4.78 is 5.22. The second kappa shape index (κ2) is 9.47. The van der Waals surface area contributed by atoms with Crippen LogP contribution in [0.25, 0.3) is 6.08 Å². The summed E-state index contributed by atoms with van der Waals surface area (Å²) in [4.78, 5) is 36.3. The van der Waals surface area contributed by atoms with Crippen molar-refractivity contribution in [2.45, 2.75) is 39.0 Å². The minimum Gasteiger partial charge on any atom is -0.462 e. The number of carbonyl (C=O) groups is 2. The average Bonchev–Trinajstić information content (AvgIpc) is 2.87. The topological polar surface area (TPSA) is 98.5 Å². The number of rotatable bonds is 6. The molecule has 3 rings (SSSR count).